The van der Waals surface area contributed by atoms with Gasteiger partial charge < -0.3 is 20.7 Å². The predicted octanol–water partition coefficient (Wildman–Crippen LogP) is 3.27. The number of nitrogens with zero attached hydrogens (tertiary/aromatic N) is 1. The van der Waals surface area contributed by atoms with E-state index < -0.39 is 0 Å². The van der Waals surface area contributed by atoms with E-state index in [1.807, 2.05) is 13.8 Å². The van der Waals surface area contributed by atoms with Crippen molar-refractivity contribution in [2.75, 3.05) is 32.6 Å². The Morgan fingerprint density at radius 1 is 1.24 bits per heavy atom. The minimum Gasteiger partial charge on any atom is -0.377 e. The maximum atomic E-state index is 11.9. The van der Waals surface area contributed by atoms with Crippen LogP contribution in [0.2, 0.25) is 5.02 Å². The summed E-state index contributed by atoms with van der Waals surface area (Å²) in [4.78, 5) is 16.0. The third-order valence-corrected chi connectivity index (χ3v) is 3.71. The largest absolute Gasteiger partial charge is 0.377 e. The first kappa shape index (κ1) is 23.9. The van der Waals surface area contributed by atoms with E-state index in [2.05, 4.69) is 20.9 Å². The highest BCUT2D eigenvalue weighted by Crippen LogP contribution is 2.13. The summed E-state index contributed by atoms with van der Waals surface area (Å²) < 4.78 is 5.35. The Kier molecular flexibility index (Phi) is 11.8. The molecule has 0 unspecified atom stereocenters. The summed E-state index contributed by atoms with van der Waals surface area (Å²) >= 11 is 5.81. The fourth-order valence-corrected chi connectivity index (χ4v) is 1.93. The van der Waals surface area contributed by atoms with Crippen molar-refractivity contribution in [2.24, 2.45) is 4.99 Å². The molecule has 0 atom stereocenters. The fourth-order valence-electron chi connectivity index (χ4n) is 1.80. The number of guanidine groups is 1. The van der Waals surface area contributed by atoms with E-state index in [0.29, 0.717) is 36.9 Å². The number of hydrogen-bond acceptors (Lipinski definition) is 3. The van der Waals surface area contributed by atoms with Crippen LogP contribution in [0.5, 0.6) is 0 Å². The highest BCUT2D eigenvalue weighted by atomic mass is 127. The molecule has 0 spiro atoms. The first-order chi connectivity index (χ1) is 11.4. The van der Waals surface area contributed by atoms with Gasteiger partial charge in [0, 0.05) is 44.4 Å². The number of nitrogens with one attached hydrogen (secondary N) is 3. The van der Waals surface area contributed by atoms with Gasteiger partial charge in [-0.15, -0.1) is 24.0 Å². The van der Waals surface area contributed by atoms with E-state index in [0.717, 1.165) is 5.69 Å². The van der Waals surface area contributed by atoms with Gasteiger partial charge in [0.25, 0.3) is 0 Å². The molecule has 0 radical (unpaired) electrons. The second-order valence-electron chi connectivity index (χ2n) is 5.97. The molecule has 0 fully saturated rings. The van der Waals surface area contributed by atoms with Gasteiger partial charge >= 0.3 is 0 Å². The summed E-state index contributed by atoms with van der Waals surface area (Å²) in [6, 6.07) is 7.05. The van der Waals surface area contributed by atoms with Crippen molar-refractivity contribution in [1.29, 1.82) is 0 Å². The Morgan fingerprint density at radius 2 is 1.88 bits per heavy atom. The molecule has 1 aromatic carbocycles. The van der Waals surface area contributed by atoms with Gasteiger partial charge in [-0.3, -0.25) is 9.79 Å². The van der Waals surface area contributed by atoms with Gasteiger partial charge in [0.15, 0.2) is 5.96 Å². The molecule has 0 saturated heterocycles. The van der Waals surface area contributed by atoms with Gasteiger partial charge in [-0.25, -0.2) is 0 Å². The molecule has 1 amide bonds. The number of aliphatic imine (C=N–C) groups is 1. The minimum atomic E-state index is -0.268. The number of rotatable bonds is 8. The van der Waals surface area contributed by atoms with Gasteiger partial charge in [-0.2, -0.15) is 0 Å². The standard InChI is InChI=1S/C17H27ClN4O2.HI/c1-17(2,24-4)12-21-16(19-3)20-11-5-6-15(23)22-14-9-7-13(18)8-10-14;/h7-10H,5-6,11-12H2,1-4H3,(H,22,23)(H2,19,20,21);1H. The van der Waals surface area contributed by atoms with E-state index in [1.165, 1.54) is 0 Å². The van der Waals surface area contributed by atoms with Crippen molar-refractivity contribution in [3.63, 3.8) is 0 Å². The van der Waals surface area contributed by atoms with E-state index in [-0.39, 0.29) is 35.5 Å². The second kappa shape index (κ2) is 12.3. The van der Waals surface area contributed by atoms with Gasteiger partial charge in [-0.1, -0.05) is 11.6 Å². The van der Waals surface area contributed by atoms with Crippen LogP contribution in [0.25, 0.3) is 0 Å². The molecule has 0 aliphatic rings. The Hall–Kier alpha value is -1.06. The fraction of sp³-hybridized carbons (Fsp3) is 0.529. The lowest BCUT2D eigenvalue weighted by molar-refractivity contribution is -0.116. The van der Waals surface area contributed by atoms with Crippen molar-refractivity contribution < 1.29 is 9.53 Å². The number of amides is 1. The van der Waals surface area contributed by atoms with Crippen LogP contribution in [0.15, 0.2) is 29.3 Å². The predicted molar refractivity (Wildman–Crippen MR) is 115 cm³/mol. The van der Waals surface area contributed by atoms with Crippen molar-refractivity contribution in [1.82, 2.24) is 10.6 Å². The topological polar surface area (TPSA) is 74.8 Å². The first-order valence-electron chi connectivity index (χ1n) is 7.91. The molecule has 8 heteroatoms. The van der Waals surface area contributed by atoms with E-state index in [1.54, 1.807) is 38.4 Å². The zero-order valence-corrected chi connectivity index (χ0v) is 18.3. The number of carbonyl (C=O) groups excluding carboxylic acids is 1. The molecule has 0 bridgehead atoms. The summed E-state index contributed by atoms with van der Waals surface area (Å²) in [6.45, 7) is 5.28. The molecule has 6 nitrogen and oxygen atoms in total. The third-order valence-electron chi connectivity index (χ3n) is 3.46. The van der Waals surface area contributed by atoms with Gasteiger partial charge in [0.05, 0.1) is 5.60 Å². The number of anilines is 1. The van der Waals surface area contributed by atoms with Crippen LogP contribution in [0.4, 0.5) is 5.69 Å². The molecule has 25 heavy (non-hydrogen) atoms. The van der Waals surface area contributed by atoms with E-state index in [4.69, 9.17) is 16.3 Å². The average Bonchev–Trinajstić information content (AvgIpc) is 2.56. The smallest absolute Gasteiger partial charge is 0.224 e. The lowest BCUT2D eigenvalue weighted by Crippen LogP contribution is -2.45. The van der Waals surface area contributed by atoms with Crippen LogP contribution in [0, 0.1) is 0 Å². The van der Waals surface area contributed by atoms with Gasteiger partial charge in [0.2, 0.25) is 5.91 Å². The average molecular weight is 483 g/mol. The monoisotopic (exact) mass is 482 g/mol. The summed E-state index contributed by atoms with van der Waals surface area (Å²) in [5.41, 5.74) is 0.479. The highest BCUT2D eigenvalue weighted by molar-refractivity contribution is 14.0. The molecule has 1 rings (SSSR count). The molecular formula is C17H28ClIN4O2. The van der Waals surface area contributed by atoms with Crippen LogP contribution >= 0.6 is 35.6 Å². The molecule has 0 aliphatic heterocycles. The molecule has 0 aromatic heterocycles. The Balaban J connectivity index is 0.00000576. The van der Waals surface area contributed by atoms with Crippen LogP contribution < -0.4 is 16.0 Å². The first-order valence-corrected chi connectivity index (χ1v) is 8.29. The molecule has 0 heterocycles. The summed E-state index contributed by atoms with van der Waals surface area (Å²) in [7, 11) is 3.39. The molecule has 142 valence electrons. The lowest BCUT2D eigenvalue weighted by atomic mass is 10.1. The van der Waals surface area contributed by atoms with Crippen LogP contribution in [-0.4, -0.2) is 44.7 Å². The Morgan fingerprint density at radius 3 is 2.44 bits per heavy atom. The molecule has 3 N–H and O–H groups in total. The Labute approximate surface area is 172 Å². The summed E-state index contributed by atoms with van der Waals surface area (Å²) in [6.07, 6.45) is 1.13. The summed E-state index contributed by atoms with van der Waals surface area (Å²) in [5, 5.41) is 9.86. The molecule has 0 aliphatic carbocycles. The van der Waals surface area contributed by atoms with Crippen LogP contribution in [0.3, 0.4) is 0 Å². The highest BCUT2D eigenvalue weighted by Gasteiger charge is 2.16. The second-order valence-corrected chi connectivity index (χ2v) is 6.41. The van der Waals surface area contributed by atoms with Gasteiger partial charge in [-0.05, 0) is 44.5 Å². The SMILES string of the molecule is CN=C(NCCCC(=O)Nc1ccc(Cl)cc1)NCC(C)(C)OC.I. The normalized spacial score (nSPS) is 11.5. The molecular weight excluding hydrogens is 455 g/mol. The third kappa shape index (κ3) is 10.5. The zero-order valence-electron chi connectivity index (χ0n) is 15.2. The number of ether oxygens (including phenoxy) is 1. The number of halogens is 2. The minimum absolute atomic E-state index is 0. The quantitative estimate of drug-likeness (QED) is 0.230. The van der Waals surface area contributed by atoms with Crippen molar-refractivity contribution >= 4 is 53.1 Å². The number of carbonyl (C=O) groups is 1. The van der Waals surface area contributed by atoms with Crippen LogP contribution in [0.1, 0.15) is 26.7 Å². The van der Waals surface area contributed by atoms with Gasteiger partial charge in [0.1, 0.15) is 0 Å². The molecule has 0 saturated carbocycles. The number of benzene rings is 1. The van der Waals surface area contributed by atoms with Crippen molar-refractivity contribution in [2.45, 2.75) is 32.3 Å². The van der Waals surface area contributed by atoms with E-state index in [9.17, 15) is 4.79 Å². The van der Waals surface area contributed by atoms with Crippen molar-refractivity contribution in [3.8, 4) is 0 Å². The Bertz CT molecular complexity index is 550. The zero-order chi connectivity index (χ0) is 18.0. The maximum Gasteiger partial charge on any atom is 0.224 e. The summed E-state index contributed by atoms with van der Waals surface area (Å²) in [5.74, 6) is 0.667. The van der Waals surface area contributed by atoms with Crippen LogP contribution in [-0.2, 0) is 9.53 Å². The maximum absolute atomic E-state index is 11.9. The number of hydrogen-bond donors (Lipinski definition) is 3. The number of methoxy groups -OCH3 is 1. The van der Waals surface area contributed by atoms with Crippen molar-refractivity contribution in [3.05, 3.63) is 29.3 Å². The van der Waals surface area contributed by atoms with E-state index >= 15 is 0 Å². The molecule has 1 aromatic rings. The lowest BCUT2D eigenvalue weighted by Gasteiger charge is -2.24.